The molecule has 4 rings (SSSR count). The van der Waals surface area contributed by atoms with Crippen LogP contribution in [0.3, 0.4) is 0 Å². The largest absolute Gasteiger partial charge is 0.458 e. The van der Waals surface area contributed by atoms with Gasteiger partial charge in [-0.25, -0.2) is 18.0 Å². The average molecular weight is 655 g/mol. The lowest BCUT2D eigenvalue weighted by Crippen LogP contribution is -2.58. The van der Waals surface area contributed by atoms with E-state index in [1.54, 1.807) is 51.2 Å². The predicted molar refractivity (Wildman–Crippen MR) is 177 cm³/mol. The van der Waals surface area contributed by atoms with Crippen LogP contribution in [0.25, 0.3) is 10.9 Å². The van der Waals surface area contributed by atoms with Gasteiger partial charge < -0.3 is 31.0 Å². The van der Waals surface area contributed by atoms with Crippen molar-refractivity contribution < 1.29 is 27.5 Å². The van der Waals surface area contributed by atoms with Crippen molar-refractivity contribution in [3.63, 3.8) is 0 Å². The summed E-state index contributed by atoms with van der Waals surface area (Å²) in [5.74, 6) is -1.08. The summed E-state index contributed by atoms with van der Waals surface area (Å²) in [5.41, 5.74) is 7.58. The van der Waals surface area contributed by atoms with Crippen molar-refractivity contribution in [2.45, 2.75) is 76.0 Å². The number of nitrogens with one attached hydrogen (secondary N) is 3. The zero-order valence-electron chi connectivity index (χ0n) is 27.0. The van der Waals surface area contributed by atoms with Crippen molar-refractivity contribution in [3.05, 3.63) is 65.9 Å². The Labute approximate surface area is 271 Å². The molecule has 5 N–H and O–H groups in total. The molecule has 1 aliphatic rings. The number of benzene rings is 2. The highest BCUT2D eigenvalue weighted by atomic mass is 32.2. The Bertz CT molecular complexity index is 1610. The molecule has 3 aromatic rings. The van der Waals surface area contributed by atoms with Crippen LogP contribution in [0.1, 0.15) is 51.2 Å². The number of sulfonamides is 1. The van der Waals surface area contributed by atoms with Gasteiger partial charge in [-0.3, -0.25) is 4.79 Å². The van der Waals surface area contributed by atoms with Crippen LogP contribution in [-0.2, 0) is 30.8 Å². The molecule has 2 atom stereocenters. The molecule has 2 aromatic carbocycles. The minimum atomic E-state index is -3.71. The normalized spacial score (nSPS) is 15.7. The van der Waals surface area contributed by atoms with E-state index >= 15 is 0 Å². The van der Waals surface area contributed by atoms with Crippen LogP contribution >= 0.6 is 0 Å². The van der Waals surface area contributed by atoms with Gasteiger partial charge in [-0.1, -0.05) is 35.9 Å². The lowest BCUT2D eigenvalue weighted by atomic mass is 10.0. The fraction of sp³-hybridized carbons (Fsp3) is 0.485. The number of carbonyl (C=O) groups is 3. The molecule has 1 aliphatic heterocycles. The third-order valence-electron chi connectivity index (χ3n) is 7.85. The number of ether oxygens (including phenoxy) is 1. The minimum Gasteiger partial charge on any atom is -0.458 e. The number of aromatic amines is 1. The number of nitrogens with two attached hydrogens (primary N) is 1. The number of piperazine rings is 1. The van der Waals surface area contributed by atoms with Crippen LogP contribution in [0, 0.1) is 6.92 Å². The van der Waals surface area contributed by atoms with Crippen molar-refractivity contribution >= 4 is 38.8 Å². The number of H-pyrrole nitrogens is 1. The highest BCUT2D eigenvalue weighted by Crippen LogP contribution is 2.21. The first-order valence-corrected chi connectivity index (χ1v) is 17.1. The molecule has 0 aliphatic carbocycles. The molecule has 1 fully saturated rings. The van der Waals surface area contributed by atoms with Gasteiger partial charge in [0.2, 0.25) is 15.9 Å². The number of amides is 3. The number of nitrogens with zero attached hydrogens (tertiary/aromatic N) is 2. The second kappa shape index (κ2) is 15.1. The van der Waals surface area contributed by atoms with Crippen LogP contribution in [0.5, 0.6) is 0 Å². The molecule has 12 nitrogen and oxygen atoms in total. The van der Waals surface area contributed by atoms with Crippen LogP contribution in [0.2, 0.25) is 0 Å². The first-order valence-electron chi connectivity index (χ1n) is 15.7. The summed E-state index contributed by atoms with van der Waals surface area (Å²) in [7, 11) is -3.71. The Balaban J connectivity index is 1.49. The maximum atomic E-state index is 13.8. The minimum absolute atomic E-state index is 0.116. The molecule has 46 heavy (non-hydrogen) atoms. The van der Waals surface area contributed by atoms with Crippen molar-refractivity contribution in [1.29, 1.82) is 0 Å². The fourth-order valence-electron chi connectivity index (χ4n) is 5.35. The van der Waals surface area contributed by atoms with E-state index in [1.807, 2.05) is 31.2 Å². The SMILES string of the molecule is Cc1ccc(S(=O)(=O)N2CCN(C(=O)N[C@@H](Cc3c[nH]c4ccccc34)C(=O)N[C@@H](CCCCN)C(=O)OC(C)(C)C)CC2)cc1. The Morgan fingerprint density at radius 1 is 0.957 bits per heavy atom. The molecule has 2 heterocycles. The third kappa shape index (κ3) is 9.08. The van der Waals surface area contributed by atoms with Gasteiger partial charge in [0, 0.05) is 49.7 Å². The number of urea groups is 1. The summed E-state index contributed by atoms with van der Waals surface area (Å²) in [5, 5.41) is 6.61. The number of unbranched alkanes of at least 4 members (excludes halogenated alkanes) is 1. The molecule has 250 valence electrons. The van der Waals surface area contributed by atoms with E-state index < -0.39 is 45.6 Å². The second-order valence-electron chi connectivity index (χ2n) is 12.6. The van der Waals surface area contributed by atoms with E-state index in [0.717, 1.165) is 22.0 Å². The molecule has 0 saturated carbocycles. The predicted octanol–water partition coefficient (Wildman–Crippen LogP) is 3.06. The zero-order valence-corrected chi connectivity index (χ0v) is 27.9. The Morgan fingerprint density at radius 3 is 2.28 bits per heavy atom. The van der Waals surface area contributed by atoms with Crippen LogP contribution < -0.4 is 16.4 Å². The fourth-order valence-corrected chi connectivity index (χ4v) is 6.77. The molecule has 0 radical (unpaired) electrons. The number of carbonyl (C=O) groups excluding carboxylic acids is 3. The standard InChI is InChI=1S/C33H46N6O6S/c1-23-12-14-25(15-13-23)46(43,44)39-19-17-38(18-20-39)32(42)37-29(21-24-22-35-27-10-6-5-9-26(24)27)30(40)36-28(11-7-8-16-34)31(41)45-33(2,3)4/h5-6,9-10,12-15,22,28-29,35H,7-8,11,16-21,34H2,1-4H3,(H,36,40)(H,37,42)/t28-,29-/m0/s1. The van der Waals surface area contributed by atoms with Gasteiger partial charge in [-0.2, -0.15) is 4.31 Å². The van der Waals surface area contributed by atoms with E-state index in [4.69, 9.17) is 10.5 Å². The third-order valence-corrected chi connectivity index (χ3v) is 9.77. The van der Waals surface area contributed by atoms with Crippen molar-refractivity contribution in [3.8, 4) is 0 Å². The van der Waals surface area contributed by atoms with Gasteiger partial charge in [0.25, 0.3) is 0 Å². The lowest BCUT2D eigenvalue weighted by molar-refractivity contribution is -0.159. The van der Waals surface area contributed by atoms with Crippen molar-refractivity contribution in [1.82, 2.24) is 24.8 Å². The van der Waals surface area contributed by atoms with Crippen LogP contribution in [-0.4, -0.2) is 90.9 Å². The topological polar surface area (TPSA) is 167 Å². The molecule has 1 saturated heterocycles. The van der Waals surface area contributed by atoms with Crippen molar-refractivity contribution in [2.75, 3.05) is 32.7 Å². The first kappa shape index (κ1) is 34.9. The number of hydrogen-bond donors (Lipinski definition) is 4. The van der Waals surface area contributed by atoms with Gasteiger partial charge in [0.05, 0.1) is 4.90 Å². The van der Waals surface area contributed by atoms with E-state index in [9.17, 15) is 22.8 Å². The maximum Gasteiger partial charge on any atom is 0.329 e. The average Bonchev–Trinajstić information content (AvgIpc) is 3.42. The molecule has 0 unspecified atom stereocenters. The monoisotopic (exact) mass is 654 g/mol. The second-order valence-corrected chi connectivity index (χ2v) is 14.6. The summed E-state index contributed by atoms with van der Waals surface area (Å²) < 4.78 is 33.3. The number of para-hydroxylation sites is 1. The number of esters is 1. The molecule has 1 aromatic heterocycles. The van der Waals surface area contributed by atoms with Gasteiger partial charge in [0.1, 0.15) is 17.7 Å². The van der Waals surface area contributed by atoms with Gasteiger partial charge in [-0.05, 0) is 77.3 Å². The van der Waals surface area contributed by atoms with Gasteiger partial charge in [0.15, 0.2) is 0 Å². The molecular formula is C33H46N6O6S. The maximum absolute atomic E-state index is 13.8. The summed E-state index contributed by atoms with van der Waals surface area (Å²) in [6.07, 6.45) is 3.58. The van der Waals surface area contributed by atoms with Crippen LogP contribution in [0.15, 0.2) is 59.6 Å². The highest BCUT2D eigenvalue weighted by molar-refractivity contribution is 7.89. The lowest BCUT2D eigenvalue weighted by Gasteiger charge is -2.35. The quantitative estimate of drug-likeness (QED) is 0.172. The van der Waals surface area contributed by atoms with Crippen LogP contribution in [0.4, 0.5) is 4.79 Å². The summed E-state index contributed by atoms with van der Waals surface area (Å²) >= 11 is 0. The molecular weight excluding hydrogens is 608 g/mol. The van der Waals surface area contributed by atoms with E-state index in [1.165, 1.54) is 9.21 Å². The summed E-state index contributed by atoms with van der Waals surface area (Å²) in [6, 6.07) is 11.9. The summed E-state index contributed by atoms with van der Waals surface area (Å²) in [6.45, 7) is 8.15. The molecule has 13 heteroatoms. The number of aryl methyl sites for hydroxylation is 1. The highest BCUT2D eigenvalue weighted by Gasteiger charge is 2.34. The molecule has 0 spiro atoms. The van der Waals surface area contributed by atoms with Crippen molar-refractivity contribution in [2.24, 2.45) is 5.73 Å². The van der Waals surface area contributed by atoms with E-state index in [2.05, 4.69) is 15.6 Å². The van der Waals surface area contributed by atoms with E-state index in [0.29, 0.717) is 25.8 Å². The first-order chi connectivity index (χ1) is 21.8. The molecule has 0 bridgehead atoms. The molecule has 3 amide bonds. The number of hydrogen-bond acceptors (Lipinski definition) is 7. The zero-order chi connectivity index (χ0) is 33.5. The Morgan fingerprint density at radius 2 is 1.63 bits per heavy atom. The smallest absolute Gasteiger partial charge is 0.329 e. The summed E-state index contributed by atoms with van der Waals surface area (Å²) in [4.78, 5) is 45.4. The van der Waals surface area contributed by atoms with Gasteiger partial charge in [-0.15, -0.1) is 0 Å². The Kier molecular flexibility index (Phi) is 11.5. The van der Waals surface area contributed by atoms with E-state index in [-0.39, 0.29) is 37.5 Å². The number of fused-ring (bicyclic) bond motifs is 1. The number of aromatic nitrogens is 1. The Hall–Kier alpha value is -3.94. The number of rotatable bonds is 12. The van der Waals surface area contributed by atoms with Gasteiger partial charge >= 0.3 is 12.0 Å².